The zero-order valence-electron chi connectivity index (χ0n) is 11.4. The van der Waals surface area contributed by atoms with Crippen molar-refractivity contribution in [2.24, 2.45) is 5.73 Å². The highest BCUT2D eigenvalue weighted by molar-refractivity contribution is 7.80. The Morgan fingerprint density at radius 3 is 2.90 bits per heavy atom. The van der Waals surface area contributed by atoms with Crippen LogP contribution < -0.4 is 16.4 Å². The van der Waals surface area contributed by atoms with Crippen LogP contribution in [0.1, 0.15) is 36.1 Å². The van der Waals surface area contributed by atoms with Crippen LogP contribution >= 0.6 is 12.2 Å². The number of aromatic nitrogens is 1. The minimum Gasteiger partial charge on any atom is -0.389 e. The number of carbonyl (C=O) groups excluding carboxylic acids is 2. The number of nitrogens with one attached hydrogen (secondary N) is 2. The summed E-state index contributed by atoms with van der Waals surface area (Å²) in [5.74, 6) is -0.0328. The van der Waals surface area contributed by atoms with E-state index in [0.717, 1.165) is 25.0 Å². The summed E-state index contributed by atoms with van der Waals surface area (Å²) in [4.78, 5) is 27.9. The molecule has 0 bridgehead atoms. The van der Waals surface area contributed by atoms with E-state index in [-0.39, 0.29) is 16.8 Å². The molecule has 2 heterocycles. The Kier molecular flexibility index (Phi) is 3.59. The molecule has 1 saturated heterocycles. The Bertz CT molecular complexity index is 644. The molecule has 6 nitrogen and oxygen atoms in total. The van der Waals surface area contributed by atoms with E-state index in [0.29, 0.717) is 24.2 Å². The van der Waals surface area contributed by atoms with E-state index >= 15 is 0 Å². The number of carbonyl (C=O) groups is 2. The predicted octanol–water partition coefficient (Wildman–Crippen LogP) is 0.422. The van der Waals surface area contributed by atoms with Crippen LogP contribution in [0.15, 0.2) is 6.07 Å². The molecule has 21 heavy (non-hydrogen) atoms. The minimum atomic E-state index is -0.484. The quantitative estimate of drug-likeness (QED) is 0.553. The van der Waals surface area contributed by atoms with E-state index in [1.54, 1.807) is 0 Å². The molecule has 2 aliphatic rings. The summed E-state index contributed by atoms with van der Waals surface area (Å²) >= 11 is 5.08. The number of amides is 2. The van der Waals surface area contributed by atoms with E-state index in [1.165, 1.54) is 5.56 Å². The molecule has 1 unspecified atom stereocenters. The fraction of sp³-hybridized carbons (Fsp3) is 0.429. The lowest BCUT2D eigenvalue weighted by Crippen LogP contribution is -2.47. The average Bonchev–Trinajstić information content (AvgIpc) is 2.88. The lowest BCUT2D eigenvalue weighted by atomic mass is 10.1. The van der Waals surface area contributed by atoms with Gasteiger partial charge in [-0.2, -0.15) is 0 Å². The highest BCUT2D eigenvalue weighted by Crippen LogP contribution is 2.26. The van der Waals surface area contributed by atoms with E-state index < -0.39 is 6.04 Å². The third kappa shape index (κ3) is 2.73. The number of hydrogen-bond acceptors (Lipinski definition) is 5. The number of nitrogens with zero attached hydrogens (tertiary/aromatic N) is 1. The maximum atomic E-state index is 11.8. The summed E-state index contributed by atoms with van der Waals surface area (Å²) in [6.07, 6.45) is 3.74. The van der Waals surface area contributed by atoms with Gasteiger partial charge in [0.05, 0.1) is 5.56 Å². The largest absolute Gasteiger partial charge is 0.389 e. The molecule has 7 heteroatoms. The van der Waals surface area contributed by atoms with E-state index in [1.807, 2.05) is 6.07 Å². The number of piperidine rings is 1. The number of fused-ring (bicyclic) bond motifs is 1. The molecule has 2 amide bonds. The zero-order chi connectivity index (χ0) is 15.0. The molecule has 1 aromatic heterocycles. The van der Waals surface area contributed by atoms with Gasteiger partial charge in [-0.05, 0) is 37.3 Å². The Hall–Kier alpha value is -2.02. The van der Waals surface area contributed by atoms with Crippen LogP contribution in [0.4, 0.5) is 5.82 Å². The molecule has 4 N–H and O–H groups in total. The van der Waals surface area contributed by atoms with E-state index in [4.69, 9.17) is 18.0 Å². The molecule has 0 aromatic carbocycles. The van der Waals surface area contributed by atoms with Crippen molar-refractivity contribution in [2.75, 3.05) is 5.32 Å². The third-order valence-electron chi connectivity index (χ3n) is 3.87. The van der Waals surface area contributed by atoms with Crippen LogP contribution in [-0.4, -0.2) is 27.8 Å². The van der Waals surface area contributed by atoms with Crippen molar-refractivity contribution in [1.82, 2.24) is 10.3 Å². The second-order valence-electron chi connectivity index (χ2n) is 5.36. The van der Waals surface area contributed by atoms with Crippen LogP contribution in [0.2, 0.25) is 0 Å². The SMILES string of the molecule is NC(=S)c1cc2c(nc1NC1CCC(=O)NC1=O)CCC2. The topological polar surface area (TPSA) is 97.1 Å². The van der Waals surface area contributed by atoms with Gasteiger partial charge in [-0.1, -0.05) is 12.2 Å². The number of anilines is 1. The molecule has 110 valence electrons. The molecule has 1 aromatic rings. The molecule has 0 spiro atoms. The normalized spacial score (nSPS) is 20.9. The van der Waals surface area contributed by atoms with Crippen molar-refractivity contribution >= 4 is 34.8 Å². The first-order valence-corrected chi connectivity index (χ1v) is 7.38. The number of rotatable bonds is 3. The summed E-state index contributed by atoms with van der Waals surface area (Å²) in [5, 5.41) is 5.41. The van der Waals surface area contributed by atoms with Crippen LogP contribution in [0.3, 0.4) is 0 Å². The Labute approximate surface area is 127 Å². The van der Waals surface area contributed by atoms with Gasteiger partial charge in [0.1, 0.15) is 16.8 Å². The second-order valence-corrected chi connectivity index (χ2v) is 5.80. The highest BCUT2D eigenvalue weighted by Gasteiger charge is 2.28. The van der Waals surface area contributed by atoms with E-state index in [2.05, 4.69) is 15.6 Å². The molecular formula is C14H16N4O2S. The fourth-order valence-corrected chi connectivity index (χ4v) is 2.92. The van der Waals surface area contributed by atoms with Crippen molar-refractivity contribution < 1.29 is 9.59 Å². The van der Waals surface area contributed by atoms with Crippen LogP contribution in [0.5, 0.6) is 0 Å². The Morgan fingerprint density at radius 1 is 1.38 bits per heavy atom. The molecule has 0 saturated carbocycles. The average molecular weight is 304 g/mol. The van der Waals surface area contributed by atoms with Crippen molar-refractivity contribution in [3.05, 3.63) is 22.9 Å². The van der Waals surface area contributed by atoms with Crippen molar-refractivity contribution in [2.45, 2.75) is 38.1 Å². The van der Waals surface area contributed by atoms with E-state index in [9.17, 15) is 9.59 Å². The van der Waals surface area contributed by atoms with Gasteiger partial charge in [-0.25, -0.2) is 4.98 Å². The lowest BCUT2D eigenvalue weighted by molar-refractivity contribution is -0.133. The summed E-state index contributed by atoms with van der Waals surface area (Å²) in [6, 6.07) is 1.48. The zero-order valence-corrected chi connectivity index (χ0v) is 12.3. The molecule has 1 atom stereocenters. The van der Waals surface area contributed by atoms with Gasteiger partial charge in [0.15, 0.2) is 0 Å². The molecular weight excluding hydrogens is 288 g/mol. The Balaban J connectivity index is 1.89. The maximum Gasteiger partial charge on any atom is 0.249 e. The molecule has 0 radical (unpaired) electrons. The number of thiocarbonyl (C=S) groups is 1. The van der Waals surface area contributed by atoms with Crippen LogP contribution in [-0.2, 0) is 22.4 Å². The van der Waals surface area contributed by atoms with Gasteiger partial charge in [-0.3, -0.25) is 14.9 Å². The molecule has 3 rings (SSSR count). The monoisotopic (exact) mass is 304 g/mol. The smallest absolute Gasteiger partial charge is 0.249 e. The summed E-state index contributed by atoms with van der Waals surface area (Å²) < 4.78 is 0. The molecule has 1 aliphatic carbocycles. The number of hydrogen-bond donors (Lipinski definition) is 3. The fourth-order valence-electron chi connectivity index (χ4n) is 2.77. The maximum absolute atomic E-state index is 11.8. The first-order chi connectivity index (χ1) is 10.0. The molecule has 1 fully saturated rings. The number of pyridine rings is 1. The first kappa shape index (κ1) is 13.9. The summed E-state index contributed by atoms with van der Waals surface area (Å²) in [6.45, 7) is 0. The standard InChI is InChI=1S/C14H16N4O2S/c15-12(21)8-6-7-2-1-3-9(7)16-13(8)17-10-4-5-11(19)18-14(10)20/h6,10H,1-5H2,(H2,15,21)(H,16,17)(H,18,19,20). The van der Waals surface area contributed by atoms with Gasteiger partial charge in [-0.15, -0.1) is 0 Å². The van der Waals surface area contributed by atoms with Crippen molar-refractivity contribution in [3.8, 4) is 0 Å². The van der Waals surface area contributed by atoms with Gasteiger partial charge in [0, 0.05) is 12.1 Å². The van der Waals surface area contributed by atoms with Gasteiger partial charge in [0.25, 0.3) is 0 Å². The lowest BCUT2D eigenvalue weighted by Gasteiger charge is -2.23. The van der Waals surface area contributed by atoms with Gasteiger partial charge < -0.3 is 11.1 Å². The number of nitrogens with two attached hydrogens (primary N) is 1. The van der Waals surface area contributed by atoms with Crippen molar-refractivity contribution in [3.63, 3.8) is 0 Å². The summed E-state index contributed by atoms with van der Waals surface area (Å²) in [7, 11) is 0. The molecule has 1 aliphatic heterocycles. The van der Waals surface area contributed by atoms with Crippen LogP contribution in [0.25, 0.3) is 0 Å². The third-order valence-corrected chi connectivity index (χ3v) is 4.09. The Morgan fingerprint density at radius 2 is 2.19 bits per heavy atom. The number of imide groups is 1. The first-order valence-electron chi connectivity index (χ1n) is 6.97. The number of aryl methyl sites for hydroxylation is 2. The van der Waals surface area contributed by atoms with Crippen LogP contribution in [0, 0.1) is 0 Å². The summed E-state index contributed by atoms with van der Waals surface area (Å²) in [5.41, 5.74) is 8.63. The van der Waals surface area contributed by atoms with Crippen molar-refractivity contribution in [1.29, 1.82) is 0 Å². The highest BCUT2D eigenvalue weighted by atomic mass is 32.1. The minimum absolute atomic E-state index is 0.241. The predicted molar refractivity (Wildman–Crippen MR) is 81.9 cm³/mol. The van der Waals surface area contributed by atoms with Gasteiger partial charge >= 0.3 is 0 Å². The second kappa shape index (κ2) is 5.40. The van der Waals surface area contributed by atoms with Gasteiger partial charge in [0.2, 0.25) is 11.8 Å².